The minimum absolute atomic E-state index is 0.0614. The first kappa shape index (κ1) is 16.2. The first-order valence-corrected chi connectivity index (χ1v) is 6.72. The SMILES string of the molecule is C=CC(=O)NCCCCCCCCCN(C)C. The van der Waals surface area contributed by atoms with Crippen molar-refractivity contribution in [2.75, 3.05) is 27.2 Å². The number of amides is 1. The second-order valence-corrected chi connectivity index (χ2v) is 4.77. The molecule has 0 aromatic rings. The summed E-state index contributed by atoms with van der Waals surface area (Å²) < 4.78 is 0. The van der Waals surface area contributed by atoms with Crippen LogP contribution in [0.15, 0.2) is 12.7 Å². The number of unbranched alkanes of at least 4 members (excludes halogenated alkanes) is 6. The molecule has 1 amide bonds. The van der Waals surface area contributed by atoms with Crippen LogP contribution < -0.4 is 5.32 Å². The average Bonchev–Trinajstić information content (AvgIpc) is 2.30. The van der Waals surface area contributed by atoms with Crippen LogP contribution in [0, 0.1) is 0 Å². The Hall–Kier alpha value is -0.830. The molecule has 3 nitrogen and oxygen atoms in total. The quantitative estimate of drug-likeness (QED) is 0.445. The van der Waals surface area contributed by atoms with Gasteiger partial charge in [-0.15, -0.1) is 0 Å². The van der Waals surface area contributed by atoms with E-state index in [-0.39, 0.29) is 5.91 Å². The summed E-state index contributed by atoms with van der Waals surface area (Å²) in [5, 5.41) is 2.79. The average molecular weight is 240 g/mol. The van der Waals surface area contributed by atoms with Crippen LogP contribution in [0.2, 0.25) is 0 Å². The molecule has 0 aromatic carbocycles. The minimum Gasteiger partial charge on any atom is -0.353 e. The van der Waals surface area contributed by atoms with Crippen LogP contribution in [0.3, 0.4) is 0 Å². The van der Waals surface area contributed by atoms with Gasteiger partial charge in [0.25, 0.3) is 0 Å². The van der Waals surface area contributed by atoms with Crippen molar-refractivity contribution >= 4 is 5.91 Å². The van der Waals surface area contributed by atoms with E-state index < -0.39 is 0 Å². The summed E-state index contributed by atoms with van der Waals surface area (Å²) in [4.78, 5) is 13.1. The molecular formula is C14H28N2O. The molecule has 0 aliphatic heterocycles. The Morgan fingerprint density at radius 2 is 1.59 bits per heavy atom. The highest BCUT2D eigenvalue weighted by atomic mass is 16.1. The Kier molecular flexibility index (Phi) is 11.1. The summed E-state index contributed by atoms with van der Waals surface area (Å²) in [6, 6.07) is 0. The fraction of sp³-hybridized carbons (Fsp3) is 0.786. The number of carbonyl (C=O) groups is 1. The van der Waals surface area contributed by atoms with E-state index >= 15 is 0 Å². The fourth-order valence-electron chi connectivity index (χ4n) is 1.72. The predicted molar refractivity (Wildman–Crippen MR) is 74.1 cm³/mol. The van der Waals surface area contributed by atoms with Gasteiger partial charge in [0.15, 0.2) is 0 Å². The Balaban J connectivity index is 3.03. The highest BCUT2D eigenvalue weighted by Crippen LogP contribution is 2.06. The normalized spacial score (nSPS) is 10.5. The second-order valence-electron chi connectivity index (χ2n) is 4.77. The molecule has 0 spiro atoms. The molecular weight excluding hydrogens is 212 g/mol. The maximum atomic E-state index is 10.8. The van der Waals surface area contributed by atoms with Crippen LogP contribution in [0.4, 0.5) is 0 Å². The van der Waals surface area contributed by atoms with E-state index in [2.05, 4.69) is 30.9 Å². The second kappa shape index (κ2) is 11.6. The summed E-state index contributed by atoms with van der Waals surface area (Å²) in [6.45, 7) is 5.40. The van der Waals surface area contributed by atoms with E-state index in [1.54, 1.807) is 0 Å². The highest BCUT2D eigenvalue weighted by Gasteiger charge is 1.95. The summed E-state index contributed by atoms with van der Waals surface area (Å²) >= 11 is 0. The summed E-state index contributed by atoms with van der Waals surface area (Å²) in [5.74, 6) is -0.0614. The molecule has 0 atom stereocenters. The first-order chi connectivity index (χ1) is 8.16. The standard InChI is InChI=1S/C14H28N2O/c1-4-14(17)15-12-10-8-6-5-7-9-11-13-16(2)3/h4H,1,5-13H2,2-3H3,(H,15,17). The molecule has 0 aromatic heterocycles. The number of rotatable bonds is 11. The van der Waals surface area contributed by atoms with Crippen LogP contribution >= 0.6 is 0 Å². The zero-order valence-electron chi connectivity index (χ0n) is 11.5. The highest BCUT2D eigenvalue weighted by molar-refractivity contribution is 5.86. The van der Waals surface area contributed by atoms with Crippen molar-refractivity contribution in [1.29, 1.82) is 0 Å². The minimum atomic E-state index is -0.0614. The van der Waals surface area contributed by atoms with E-state index in [1.807, 2.05) is 0 Å². The lowest BCUT2D eigenvalue weighted by atomic mass is 10.1. The first-order valence-electron chi connectivity index (χ1n) is 6.72. The maximum Gasteiger partial charge on any atom is 0.243 e. The maximum absolute atomic E-state index is 10.8. The van der Waals surface area contributed by atoms with Crippen molar-refractivity contribution in [3.8, 4) is 0 Å². The van der Waals surface area contributed by atoms with Crippen LogP contribution in [-0.2, 0) is 4.79 Å². The van der Waals surface area contributed by atoms with Gasteiger partial charge in [0.05, 0.1) is 0 Å². The van der Waals surface area contributed by atoms with Gasteiger partial charge in [-0.05, 0) is 39.6 Å². The predicted octanol–water partition coefficient (Wildman–Crippen LogP) is 2.58. The van der Waals surface area contributed by atoms with Gasteiger partial charge in [0.1, 0.15) is 0 Å². The number of hydrogen-bond acceptors (Lipinski definition) is 2. The van der Waals surface area contributed by atoms with E-state index in [4.69, 9.17) is 0 Å². The molecule has 0 heterocycles. The van der Waals surface area contributed by atoms with Gasteiger partial charge in [0, 0.05) is 6.54 Å². The lowest BCUT2D eigenvalue weighted by Crippen LogP contribution is -2.21. The Labute approximate surface area is 106 Å². The third kappa shape index (κ3) is 13.1. The summed E-state index contributed by atoms with van der Waals surface area (Å²) in [7, 11) is 4.25. The van der Waals surface area contributed by atoms with Gasteiger partial charge in [-0.1, -0.05) is 38.7 Å². The molecule has 0 rings (SSSR count). The third-order valence-corrected chi connectivity index (χ3v) is 2.77. The molecule has 0 radical (unpaired) electrons. The molecule has 0 saturated carbocycles. The molecule has 0 bridgehead atoms. The molecule has 0 aliphatic rings. The Morgan fingerprint density at radius 1 is 1.06 bits per heavy atom. The van der Waals surface area contributed by atoms with E-state index in [9.17, 15) is 4.79 Å². The Bertz CT molecular complexity index is 202. The number of nitrogens with zero attached hydrogens (tertiary/aromatic N) is 1. The molecule has 1 N–H and O–H groups in total. The number of hydrogen-bond donors (Lipinski definition) is 1. The van der Waals surface area contributed by atoms with Gasteiger partial charge in [0.2, 0.25) is 5.91 Å². The van der Waals surface area contributed by atoms with Crippen LogP contribution in [-0.4, -0.2) is 38.0 Å². The Morgan fingerprint density at radius 3 is 2.12 bits per heavy atom. The number of carbonyl (C=O) groups excluding carboxylic acids is 1. The van der Waals surface area contributed by atoms with Gasteiger partial charge in [-0.25, -0.2) is 0 Å². The van der Waals surface area contributed by atoms with E-state index in [0.717, 1.165) is 13.0 Å². The summed E-state index contributed by atoms with van der Waals surface area (Å²) in [6.07, 6.45) is 10.2. The largest absolute Gasteiger partial charge is 0.353 e. The van der Waals surface area contributed by atoms with Crippen molar-refractivity contribution in [2.24, 2.45) is 0 Å². The van der Waals surface area contributed by atoms with Crippen molar-refractivity contribution in [1.82, 2.24) is 10.2 Å². The van der Waals surface area contributed by atoms with E-state index in [0.29, 0.717) is 0 Å². The zero-order chi connectivity index (χ0) is 12.9. The van der Waals surface area contributed by atoms with E-state index in [1.165, 1.54) is 51.1 Å². The molecule has 100 valence electrons. The van der Waals surface area contributed by atoms with Crippen LogP contribution in [0.25, 0.3) is 0 Å². The van der Waals surface area contributed by atoms with Gasteiger partial charge in [-0.3, -0.25) is 4.79 Å². The molecule has 0 saturated heterocycles. The lowest BCUT2D eigenvalue weighted by Gasteiger charge is -2.08. The van der Waals surface area contributed by atoms with Gasteiger partial charge < -0.3 is 10.2 Å². The molecule has 17 heavy (non-hydrogen) atoms. The van der Waals surface area contributed by atoms with Crippen molar-refractivity contribution in [2.45, 2.75) is 44.9 Å². The topological polar surface area (TPSA) is 32.3 Å². The number of nitrogens with one attached hydrogen (secondary N) is 1. The van der Waals surface area contributed by atoms with Crippen molar-refractivity contribution < 1.29 is 4.79 Å². The van der Waals surface area contributed by atoms with Crippen LogP contribution in [0.1, 0.15) is 44.9 Å². The smallest absolute Gasteiger partial charge is 0.243 e. The molecule has 3 heteroatoms. The lowest BCUT2D eigenvalue weighted by molar-refractivity contribution is -0.116. The van der Waals surface area contributed by atoms with Gasteiger partial charge >= 0.3 is 0 Å². The fourth-order valence-corrected chi connectivity index (χ4v) is 1.72. The zero-order valence-corrected chi connectivity index (χ0v) is 11.5. The van der Waals surface area contributed by atoms with Crippen molar-refractivity contribution in [3.05, 3.63) is 12.7 Å². The molecule has 0 aliphatic carbocycles. The third-order valence-electron chi connectivity index (χ3n) is 2.77. The molecule has 0 unspecified atom stereocenters. The monoisotopic (exact) mass is 240 g/mol. The van der Waals surface area contributed by atoms with Crippen LogP contribution in [0.5, 0.6) is 0 Å². The van der Waals surface area contributed by atoms with Crippen molar-refractivity contribution in [3.63, 3.8) is 0 Å². The van der Waals surface area contributed by atoms with Gasteiger partial charge in [-0.2, -0.15) is 0 Å². The molecule has 0 fully saturated rings. The summed E-state index contributed by atoms with van der Waals surface area (Å²) in [5.41, 5.74) is 0.